The van der Waals surface area contributed by atoms with E-state index in [9.17, 15) is 0 Å². The van der Waals surface area contributed by atoms with Gasteiger partial charge >= 0.3 is 0 Å². The Hall–Kier alpha value is -2.06. The van der Waals surface area contributed by atoms with Crippen LogP contribution in [0.4, 0.5) is 0 Å². The Morgan fingerprint density at radius 3 is 3.21 bits per heavy atom. The van der Waals surface area contributed by atoms with Gasteiger partial charge in [-0.05, 0) is 43.7 Å². The van der Waals surface area contributed by atoms with Crippen molar-refractivity contribution in [3.8, 4) is 10.7 Å². The van der Waals surface area contributed by atoms with Gasteiger partial charge in [0.1, 0.15) is 12.7 Å². The first-order valence-electron chi connectivity index (χ1n) is 8.23. The first-order chi connectivity index (χ1) is 11.8. The van der Waals surface area contributed by atoms with E-state index >= 15 is 0 Å². The number of hydrogen-bond acceptors (Lipinski definition) is 7. The topological polar surface area (TPSA) is 72.9 Å². The van der Waals surface area contributed by atoms with Crippen LogP contribution in [0, 0.1) is 5.92 Å². The third-order valence-corrected chi connectivity index (χ3v) is 5.42. The van der Waals surface area contributed by atoms with Crippen molar-refractivity contribution < 1.29 is 4.52 Å². The highest BCUT2D eigenvalue weighted by atomic mass is 32.1. The van der Waals surface area contributed by atoms with Crippen LogP contribution in [0.3, 0.4) is 0 Å². The molecule has 4 rings (SSSR count). The molecule has 3 aromatic rings. The van der Waals surface area contributed by atoms with Gasteiger partial charge in [0, 0.05) is 13.1 Å². The number of rotatable bonds is 5. The molecule has 4 heterocycles. The highest BCUT2D eigenvalue weighted by Gasteiger charge is 2.28. The third kappa shape index (κ3) is 3.25. The second-order valence-corrected chi connectivity index (χ2v) is 7.18. The van der Waals surface area contributed by atoms with Crippen LogP contribution in [0.1, 0.15) is 31.7 Å². The van der Waals surface area contributed by atoms with E-state index < -0.39 is 0 Å². The Balaban J connectivity index is 1.43. The Labute approximate surface area is 144 Å². The van der Waals surface area contributed by atoms with Gasteiger partial charge in [-0.15, -0.1) is 11.3 Å². The summed E-state index contributed by atoms with van der Waals surface area (Å²) in [5.74, 6) is 1.95. The largest absolute Gasteiger partial charge is 0.337 e. The summed E-state index contributed by atoms with van der Waals surface area (Å²) in [6.07, 6.45) is 5.77. The molecule has 2 unspecified atom stereocenters. The Kier molecular flexibility index (Phi) is 4.40. The summed E-state index contributed by atoms with van der Waals surface area (Å²) in [6, 6.07) is 4.14. The predicted octanol–water partition coefficient (Wildman–Crippen LogP) is 2.86. The van der Waals surface area contributed by atoms with E-state index in [1.165, 1.54) is 12.8 Å². The smallest absolute Gasteiger partial charge is 0.244 e. The fourth-order valence-electron chi connectivity index (χ4n) is 3.26. The van der Waals surface area contributed by atoms with Crippen molar-refractivity contribution in [1.29, 1.82) is 0 Å². The zero-order valence-electron chi connectivity index (χ0n) is 13.6. The number of aromatic nitrogens is 5. The molecule has 0 amide bonds. The molecule has 0 saturated carbocycles. The van der Waals surface area contributed by atoms with Crippen LogP contribution in [0.25, 0.3) is 10.7 Å². The molecule has 24 heavy (non-hydrogen) atoms. The number of hydrogen-bond donors (Lipinski definition) is 0. The summed E-state index contributed by atoms with van der Waals surface area (Å²) >= 11 is 1.62. The number of thiophene rings is 1. The number of nitrogens with zero attached hydrogens (tertiary/aromatic N) is 6. The van der Waals surface area contributed by atoms with Gasteiger partial charge in [0.25, 0.3) is 0 Å². The van der Waals surface area contributed by atoms with E-state index in [0.717, 1.165) is 24.5 Å². The van der Waals surface area contributed by atoms with E-state index in [1.54, 1.807) is 24.0 Å². The van der Waals surface area contributed by atoms with E-state index in [1.807, 2.05) is 22.2 Å². The summed E-state index contributed by atoms with van der Waals surface area (Å²) in [7, 11) is 0. The van der Waals surface area contributed by atoms with Crippen molar-refractivity contribution in [3.05, 3.63) is 36.1 Å². The van der Waals surface area contributed by atoms with Crippen LogP contribution in [0.2, 0.25) is 0 Å². The Morgan fingerprint density at radius 2 is 2.42 bits per heavy atom. The minimum atomic E-state index is 0.129. The minimum absolute atomic E-state index is 0.129. The fraction of sp³-hybridized carbons (Fsp3) is 0.500. The fourth-order valence-corrected chi connectivity index (χ4v) is 3.91. The van der Waals surface area contributed by atoms with Crippen LogP contribution in [-0.2, 0) is 6.54 Å². The lowest BCUT2D eigenvalue weighted by Gasteiger charge is -2.35. The maximum Gasteiger partial charge on any atom is 0.244 e. The van der Waals surface area contributed by atoms with Gasteiger partial charge in [0.05, 0.1) is 10.9 Å². The van der Waals surface area contributed by atoms with Crippen LogP contribution >= 0.6 is 11.3 Å². The number of likely N-dealkylation sites (tertiary alicyclic amines) is 1. The average molecular weight is 344 g/mol. The first-order valence-corrected chi connectivity index (χ1v) is 9.11. The normalized spacial score (nSPS) is 20.3. The van der Waals surface area contributed by atoms with Gasteiger partial charge in [0.2, 0.25) is 11.7 Å². The van der Waals surface area contributed by atoms with Gasteiger partial charge in [0.15, 0.2) is 0 Å². The van der Waals surface area contributed by atoms with Crippen molar-refractivity contribution >= 4 is 11.3 Å². The van der Waals surface area contributed by atoms with Gasteiger partial charge in [-0.3, -0.25) is 9.58 Å². The molecular formula is C16H20N6OS. The summed E-state index contributed by atoms with van der Waals surface area (Å²) < 4.78 is 7.44. The molecule has 8 heteroatoms. The monoisotopic (exact) mass is 344 g/mol. The zero-order valence-corrected chi connectivity index (χ0v) is 14.4. The van der Waals surface area contributed by atoms with Gasteiger partial charge in [-0.25, -0.2) is 4.98 Å². The van der Waals surface area contributed by atoms with Crippen LogP contribution in [0.15, 0.2) is 34.7 Å². The molecule has 7 nitrogen and oxygen atoms in total. The molecule has 0 N–H and O–H groups in total. The molecule has 1 saturated heterocycles. The standard InChI is InChI=1S/C16H20N6OS/c1-12(16-19-15(20-23-16)14-5-3-7-24-14)21-6-2-4-13(8-21)9-22-11-17-10-18-22/h3,5,7,10-13H,2,4,6,8-9H2,1H3. The molecule has 3 aromatic heterocycles. The Morgan fingerprint density at radius 1 is 1.46 bits per heavy atom. The van der Waals surface area contributed by atoms with Gasteiger partial charge < -0.3 is 4.52 Å². The molecule has 0 aliphatic carbocycles. The number of piperidine rings is 1. The molecule has 1 aliphatic heterocycles. The molecule has 0 bridgehead atoms. The molecule has 0 aromatic carbocycles. The van der Waals surface area contributed by atoms with E-state index in [0.29, 0.717) is 17.6 Å². The van der Waals surface area contributed by atoms with Crippen molar-refractivity contribution in [2.75, 3.05) is 13.1 Å². The summed E-state index contributed by atoms with van der Waals surface area (Å²) in [5.41, 5.74) is 0. The Bertz CT molecular complexity index is 753. The van der Waals surface area contributed by atoms with Crippen molar-refractivity contribution in [1.82, 2.24) is 29.8 Å². The molecular weight excluding hydrogens is 324 g/mol. The molecule has 126 valence electrons. The molecule has 2 atom stereocenters. The molecule has 0 radical (unpaired) electrons. The van der Waals surface area contributed by atoms with Crippen LogP contribution < -0.4 is 0 Å². The summed E-state index contributed by atoms with van der Waals surface area (Å²) in [4.78, 5) is 12.1. The summed E-state index contributed by atoms with van der Waals surface area (Å²) in [6.45, 7) is 5.13. The summed E-state index contributed by atoms with van der Waals surface area (Å²) in [5, 5.41) is 10.4. The quantitative estimate of drug-likeness (QED) is 0.709. The van der Waals surface area contributed by atoms with E-state index in [-0.39, 0.29) is 6.04 Å². The molecule has 0 spiro atoms. The SMILES string of the molecule is CC(c1nc(-c2cccs2)no1)N1CCCC(Cn2cncn2)C1. The van der Waals surface area contributed by atoms with Gasteiger partial charge in [-0.2, -0.15) is 10.1 Å². The highest BCUT2D eigenvalue weighted by Crippen LogP contribution is 2.28. The van der Waals surface area contributed by atoms with Crippen molar-refractivity contribution in [2.24, 2.45) is 5.92 Å². The maximum atomic E-state index is 5.52. The predicted molar refractivity (Wildman–Crippen MR) is 90.3 cm³/mol. The van der Waals surface area contributed by atoms with Gasteiger partial charge in [-0.1, -0.05) is 11.2 Å². The van der Waals surface area contributed by atoms with Crippen LogP contribution in [0.5, 0.6) is 0 Å². The van der Waals surface area contributed by atoms with E-state index in [2.05, 4.69) is 32.0 Å². The zero-order chi connectivity index (χ0) is 16.4. The lowest BCUT2D eigenvalue weighted by molar-refractivity contribution is 0.102. The molecule has 1 fully saturated rings. The third-order valence-electron chi connectivity index (χ3n) is 4.55. The van der Waals surface area contributed by atoms with E-state index in [4.69, 9.17) is 4.52 Å². The molecule has 1 aliphatic rings. The second kappa shape index (κ2) is 6.82. The average Bonchev–Trinajstić information content (AvgIpc) is 3.35. The highest BCUT2D eigenvalue weighted by molar-refractivity contribution is 7.13. The minimum Gasteiger partial charge on any atom is -0.337 e. The second-order valence-electron chi connectivity index (χ2n) is 6.23. The lowest BCUT2D eigenvalue weighted by atomic mass is 9.97. The van der Waals surface area contributed by atoms with Crippen molar-refractivity contribution in [2.45, 2.75) is 32.4 Å². The van der Waals surface area contributed by atoms with Crippen molar-refractivity contribution in [3.63, 3.8) is 0 Å². The first kappa shape index (κ1) is 15.5. The maximum absolute atomic E-state index is 5.52. The van der Waals surface area contributed by atoms with Crippen LogP contribution in [-0.4, -0.2) is 42.9 Å². The lowest BCUT2D eigenvalue weighted by Crippen LogP contribution is -2.38.